The van der Waals surface area contributed by atoms with Gasteiger partial charge in [-0.3, -0.25) is 10.1 Å². The van der Waals surface area contributed by atoms with Crippen molar-refractivity contribution in [1.82, 2.24) is 9.97 Å². The Morgan fingerprint density at radius 3 is 2.65 bits per heavy atom. The number of benzene rings is 2. The molecule has 0 saturated carbocycles. The van der Waals surface area contributed by atoms with Gasteiger partial charge in [-0.25, -0.2) is 9.97 Å². The minimum absolute atomic E-state index is 0.188. The molecule has 0 atom stereocenters. The first-order chi connectivity index (χ1) is 11.2. The average Bonchev–Trinajstić information content (AvgIpc) is 3.20. The molecule has 0 saturated heterocycles. The van der Waals surface area contributed by atoms with E-state index >= 15 is 0 Å². The topological polar surface area (TPSA) is 64.1 Å². The zero-order valence-corrected chi connectivity index (χ0v) is 13.7. The van der Waals surface area contributed by atoms with Gasteiger partial charge in [-0.2, -0.15) is 0 Å². The summed E-state index contributed by atoms with van der Waals surface area (Å²) in [4.78, 5) is 21.1. The van der Waals surface area contributed by atoms with Gasteiger partial charge in [-0.15, -0.1) is 11.3 Å². The molecule has 23 heavy (non-hydrogen) atoms. The van der Waals surface area contributed by atoms with Crippen LogP contribution < -0.4 is 10.1 Å². The predicted molar refractivity (Wildman–Crippen MR) is 93.7 cm³/mol. The third kappa shape index (κ3) is 2.54. The Labute approximate surface area is 139 Å². The summed E-state index contributed by atoms with van der Waals surface area (Å²) in [5.41, 5.74) is 4.21. The third-order valence-electron chi connectivity index (χ3n) is 3.43. The molecule has 0 aliphatic heterocycles. The number of amides is 1. The van der Waals surface area contributed by atoms with Crippen LogP contribution in [0.15, 0.2) is 41.9 Å². The van der Waals surface area contributed by atoms with Gasteiger partial charge in [0.25, 0.3) is 5.91 Å². The van der Waals surface area contributed by atoms with E-state index in [-0.39, 0.29) is 5.91 Å². The van der Waals surface area contributed by atoms with Gasteiger partial charge in [-0.1, -0.05) is 11.3 Å². The maximum absolute atomic E-state index is 12.3. The second kappa shape index (κ2) is 5.60. The molecule has 7 heteroatoms. The van der Waals surface area contributed by atoms with Gasteiger partial charge in [0.2, 0.25) is 0 Å². The SMILES string of the molecule is COc1ccc(C(=O)Nc2nc3ccc4ncsc4c3s2)cc1. The number of aromatic nitrogens is 2. The van der Waals surface area contributed by atoms with Crippen molar-refractivity contribution in [2.75, 3.05) is 12.4 Å². The van der Waals surface area contributed by atoms with Crippen LogP contribution in [0.2, 0.25) is 0 Å². The highest BCUT2D eigenvalue weighted by atomic mass is 32.1. The van der Waals surface area contributed by atoms with Crippen molar-refractivity contribution in [2.24, 2.45) is 0 Å². The highest BCUT2D eigenvalue weighted by Gasteiger charge is 2.12. The van der Waals surface area contributed by atoms with E-state index in [2.05, 4.69) is 15.3 Å². The number of hydrogen-bond acceptors (Lipinski definition) is 6. The number of nitrogens with one attached hydrogen (secondary N) is 1. The fourth-order valence-corrected chi connectivity index (χ4v) is 4.16. The fourth-order valence-electron chi connectivity index (χ4n) is 2.27. The van der Waals surface area contributed by atoms with E-state index in [1.54, 1.807) is 42.7 Å². The molecule has 2 aromatic heterocycles. The molecule has 4 rings (SSSR count). The molecular weight excluding hydrogens is 330 g/mol. The van der Waals surface area contributed by atoms with Crippen molar-refractivity contribution in [1.29, 1.82) is 0 Å². The first kappa shape index (κ1) is 14.1. The minimum Gasteiger partial charge on any atom is -0.497 e. The predicted octanol–water partition coefficient (Wildman–Crippen LogP) is 4.17. The summed E-state index contributed by atoms with van der Waals surface area (Å²) in [6.07, 6.45) is 0. The maximum atomic E-state index is 12.3. The smallest absolute Gasteiger partial charge is 0.257 e. The second-order valence-electron chi connectivity index (χ2n) is 4.82. The molecule has 0 spiro atoms. The van der Waals surface area contributed by atoms with E-state index in [0.29, 0.717) is 16.4 Å². The molecule has 0 bridgehead atoms. The Morgan fingerprint density at radius 2 is 1.87 bits per heavy atom. The number of carbonyl (C=O) groups is 1. The van der Waals surface area contributed by atoms with Crippen LogP contribution in [0.25, 0.3) is 20.4 Å². The Bertz CT molecular complexity index is 1010. The lowest BCUT2D eigenvalue weighted by molar-refractivity contribution is 0.102. The van der Waals surface area contributed by atoms with Gasteiger partial charge < -0.3 is 4.74 Å². The maximum Gasteiger partial charge on any atom is 0.257 e. The quantitative estimate of drug-likeness (QED) is 0.607. The molecule has 0 radical (unpaired) electrons. The summed E-state index contributed by atoms with van der Waals surface area (Å²) in [5.74, 6) is 0.529. The standard InChI is InChI=1S/C16H11N3O2S2/c1-21-10-4-2-9(3-5-10)15(20)19-16-18-12-7-6-11-13(14(12)23-16)22-8-17-11/h2-8H,1H3,(H,18,19,20). The lowest BCUT2D eigenvalue weighted by Gasteiger charge is -2.03. The van der Waals surface area contributed by atoms with E-state index < -0.39 is 0 Å². The number of methoxy groups -OCH3 is 1. The zero-order chi connectivity index (χ0) is 15.8. The van der Waals surface area contributed by atoms with Crippen LogP contribution in [-0.2, 0) is 0 Å². The number of thiazole rings is 2. The van der Waals surface area contributed by atoms with Gasteiger partial charge in [-0.05, 0) is 36.4 Å². The second-order valence-corrected chi connectivity index (χ2v) is 6.67. The molecule has 0 fully saturated rings. The fraction of sp³-hybridized carbons (Fsp3) is 0.0625. The average molecular weight is 341 g/mol. The van der Waals surface area contributed by atoms with Crippen LogP contribution >= 0.6 is 22.7 Å². The van der Waals surface area contributed by atoms with Crippen molar-refractivity contribution in [3.63, 3.8) is 0 Å². The third-order valence-corrected chi connectivity index (χ3v) is 5.42. The summed E-state index contributed by atoms with van der Waals surface area (Å²) in [7, 11) is 1.59. The molecule has 1 N–H and O–H groups in total. The molecular formula is C16H11N3O2S2. The largest absolute Gasteiger partial charge is 0.497 e. The normalized spacial score (nSPS) is 11.0. The number of carbonyl (C=O) groups excluding carboxylic acids is 1. The lowest BCUT2D eigenvalue weighted by Crippen LogP contribution is -2.11. The van der Waals surface area contributed by atoms with E-state index in [1.807, 2.05) is 17.6 Å². The Balaban J connectivity index is 1.64. The highest BCUT2D eigenvalue weighted by Crippen LogP contribution is 2.34. The number of anilines is 1. The van der Waals surface area contributed by atoms with Crippen molar-refractivity contribution in [2.45, 2.75) is 0 Å². The molecule has 114 valence electrons. The molecule has 0 aliphatic carbocycles. The minimum atomic E-state index is -0.188. The lowest BCUT2D eigenvalue weighted by atomic mass is 10.2. The first-order valence-corrected chi connectivity index (χ1v) is 8.52. The Morgan fingerprint density at radius 1 is 1.09 bits per heavy atom. The van der Waals surface area contributed by atoms with Gasteiger partial charge in [0, 0.05) is 5.56 Å². The van der Waals surface area contributed by atoms with E-state index in [0.717, 1.165) is 20.4 Å². The first-order valence-electron chi connectivity index (χ1n) is 6.83. The van der Waals surface area contributed by atoms with Crippen molar-refractivity contribution in [3.05, 3.63) is 47.5 Å². The van der Waals surface area contributed by atoms with E-state index in [1.165, 1.54) is 11.3 Å². The van der Waals surface area contributed by atoms with Crippen LogP contribution in [-0.4, -0.2) is 23.0 Å². The molecule has 5 nitrogen and oxygen atoms in total. The monoisotopic (exact) mass is 341 g/mol. The zero-order valence-electron chi connectivity index (χ0n) is 12.1. The molecule has 0 unspecified atom stereocenters. The van der Waals surface area contributed by atoms with Gasteiger partial charge in [0.15, 0.2) is 5.13 Å². The molecule has 4 aromatic rings. The summed E-state index contributed by atoms with van der Waals surface area (Å²) in [5, 5.41) is 3.44. The van der Waals surface area contributed by atoms with Crippen molar-refractivity contribution >= 4 is 54.1 Å². The van der Waals surface area contributed by atoms with Gasteiger partial charge in [0.1, 0.15) is 5.75 Å². The summed E-state index contributed by atoms with van der Waals surface area (Å²) in [6, 6.07) is 10.8. The van der Waals surface area contributed by atoms with Gasteiger partial charge in [0.05, 0.1) is 33.1 Å². The number of hydrogen-bond donors (Lipinski definition) is 1. The van der Waals surface area contributed by atoms with E-state index in [4.69, 9.17) is 4.74 Å². The number of fused-ring (bicyclic) bond motifs is 3. The van der Waals surface area contributed by atoms with Crippen LogP contribution in [0.5, 0.6) is 5.75 Å². The summed E-state index contributed by atoms with van der Waals surface area (Å²) < 4.78 is 7.25. The number of rotatable bonds is 3. The van der Waals surface area contributed by atoms with Crippen LogP contribution in [0.3, 0.4) is 0 Å². The van der Waals surface area contributed by atoms with Crippen LogP contribution in [0.1, 0.15) is 10.4 Å². The molecule has 1 amide bonds. The Hall–Kier alpha value is -2.51. The van der Waals surface area contributed by atoms with Crippen molar-refractivity contribution < 1.29 is 9.53 Å². The highest BCUT2D eigenvalue weighted by molar-refractivity contribution is 7.28. The molecule has 2 aromatic carbocycles. The van der Waals surface area contributed by atoms with E-state index in [9.17, 15) is 4.79 Å². The summed E-state index contributed by atoms with van der Waals surface area (Å²) in [6.45, 7) is 0. The number of ether oxygens (including phenoxy) is 1. The molecule has 0 aliphatic rings. The number of nitrogens with zero attached hydrogens (tertiary/aromatic N) is 2. The van der Waals surface area contributed by atoms with Crippen LogP contribution in [0.4, 0.5) is 5.13 Å². The summed E-state index contributed by atoms with van der Waals surface area (Å²) >= 11 is 3.05. The Kier molecular flexibility index (Phi) is 3.44. The van der Waals surface area contributed by atoms with Gasteiger partial charge >= 0.3 is 0 Å². The molecule has 2 heterocycles. The van der Waals surface area contributed by atoms with Crippen molar-refractivity contribution in [3.8, 4) is 5.75 Å². The van der Waals surface area contributed by atoms with Crippen LogP contribution in [0, 0.1) is 0 Å².